The summed E-state index contributed by atoms with van der Waals surface area (Å²) in [4.78, 5) is 99.0. The Balaban J connectivity index is 0.577. The number of phosphoric acid groups is 2. The molecule has 6 fully saturated rings. The zero-order chi connectivity index (χ0) is 82.3. The number of allylic oxidation sites excluding steroid dienone is 1. The summed E-state index contributed by atoms with van der Waals surface area (Å²) in [6.45, 7) is 10.7. The maximum Gasteiger partial charge on any atom is 0.508 e. The zero-order valence-corrected chi connectivity index (χ0v) is 68.6. The van der Waals surface area contributed by atoms with Gasteiger partial charge >= 0.3 is 28.0 Å². The summed E-state index contributed by atoms with van der Waals surface area (Å²) in [6.07, 6.45) is 16.5. The van der Waals surface area contributed by atoms with E-state index in [1.165, 1.54) is 126 Å². The molecule has 20 atom stereocenters. The van der Waals surface area contributed by atoms with Gasteiger partial charge in [-0.3, -0.25) is 41.9 Å². The minimum atomic E-state index is -5.29. The van der Waals surface area contributed by atoms with Crippen molar-refractivity contribution in [3.8, 4) is 0 Å². The number of hydrogen-bond donors (Lipinski definition) is 6. The third kappa shape index (κ3) is 19.6. The predicted molar refractivity (Wildman–Crippen MR) is 422 cm³/mol. The number of nitrogens with two attached hydrogens (primary N) is 3. The number of aliphatic hydroxyl groups is 1. The molecule has 3 saturated heterocycles. The number of carbonyl (C=O) groups excluding carboxylic acids is 2. The number of nitro benzene ring substituents is 1. The number of aliphatic hydroxyl groups excluding tert-OH is 1. The number of anilines is 3. The molecule has 14 rings (SSSR count). The van der Waals surface area contributed by atoms with Crippen LogP contribution < -0.4 is 17.2 Å². The standard InChI is InChI=1S/C78H110N16O21P2/c1-46(2)16-15-17-47(3)55-24-25-56-54-23-20-49-34-51(26-29-77(49,4)57(54)27-30-78(55,56)5)111-75(96)105-32-14-12-10-8-6-7-9-11-13-31-104-64-60(112-74(93-45-90-63-68(81)84-42-87-71(63)93)65(64)113-76(97)106-33-28-48-18-21-50(22-19-48)94(98)99)39-108-117(102,103)115-59-36-53(110-73(59)92-44-89-62-67(80)83-41-86-70(62)92)38-107-116(100,101)114-58-35-52(37-95)109-72(58)91-43-88-61-66(79)82-40-85-69(61)91/h18-22,40-47,51-60,64-65,72-74,95H,6-17,23-39H2,1-5H3,(H,100,101)(H,102,103)(H2,79,82,85)(H2,80,83,86)(H2,81,84,87)/t47-,51+,52+,53+,54+,55-,56+,57+,58-,59-,60-,64-,65-,72-,73-,74-,77+,78-/m1/s1. The van der Waals surface area contributed by atoms with Gasteiger partial charge in [-0.05, 0) is 110 Å². The van der Waals surface area contributed by atoms with E-state index in [2.05, 4.69) is 85.6 Å². The number of carbonyl (C=O) groups is 2. The minimum Gasteiger partial charge on any atom is -0.434 e. The largest absolute Gasteiger partial charge is 0.508 e. The summed E-state index contributed by atoms with van der Waals surface area (Å²) < 4.78 is 105. The Morgan fingerprint density at radius 2 is 1.17 bits per heavy atom. The van der Waals surface area contributed by atoms with Gasteiger partial charge in [0.15, 0.2) is 59.2 Å². The van der Waals surface area contributed by atoms with Crippen LogP contribution in [-0.2, 0) is 71.5 Å². The molecule has 7 aromatic rings. The highest BCUT2D eigenvalue weighted by Gasteiger charge is 2.60. The number of hydrogen-bond acceptors (Lipinski definition) is 31. The molecule has 3 aliphatic heterocycles. The molecular formula is C78H110N16O21P2. The van der Waals surface area contributed by atoms with Gasteiger partial charge < -0.3 is 70.0 Å². The monoisotopic (exact) mass is 1670 g/mol. The number of benzene rings is 1. The Morgan fingerprint density at radius 3 is 1.76 bits per heavy atom. The van der Waals surface area contributed by atoms with Gasteiger partial charge in [-0.25, -0.2) is 63.6 Å². The van der Waals surface area contributed by atoms with Crippen molar-refractivity contribution in [2.75, 3.05) is 56.8 Å². The Kier molecular flexibility index (Phi) is 27.2. The molecule has 1 aromatic carbocycles. The van der Waals surface area contributed by atoms with Crippen LogP contribution in [0.4, 0.5) is 32.7 Å². The lowest BCUT2D eigenvalue weighted by Gasteiger charge is -2.58. The Hall–Kier alpha value is -8.03. The van der Waals surface area contributed by atoms with E-state index in [1.54, 1.807) is 0 Å². The van der Waals surface area contributed by atoms with Crippen LogP contribution in [0.5, 0.6) is 0 Å². The fourth-order valence-electron chi connectivity index (χ4n) is 19.6. The molecule has 0 amide bonds. The number of unbranched alkanes of at least 4 members (excludes halogenated alkanes) is 8. The van der Waals surface area contributed by atoms with Crippen molar-refractivity contribution >= 4 is 84.6 Å². The Labute approximate surface area is 677 Å². The zero-order valence-electron chi connectivity index (χ0n) is 66.8. The summed E-state index contributed by atoms with van der Waals surface area (Å²) in [5, 5.41) is 21.4. The molecule has 9 N–H and O–H groups in total. The van der Waals surface area contributed by atoms with Crippen LogP contribution in [0.25, 0.3) is 33.5 Å². The molecule has 3 saturated carbocycles. The SMILES string of the molecule is CC(C)CCC[C@@H](C)[C@H]1CC[C@H]2[C@@H]3CC=C4C[C@@H](OC(=O)OCCCCCCCCCCCO[C@H]5[C@@H](OC(=O)OCCc6ccc([N+](=O)[O-])cc6)[C@H](n6cnc7c(N)ncnc76)O[C@@H]5COP(=O)(O)O[C@@H]5C[C@@H](COP(=O)(O)O[C@@H]6C[C@@H](CO)O[C@H]6n6cnc7c(N)ncnc76)O[C@H]5n5cnc6c(N)ncnc65)CC[C@]4(C)[C@H]3CC[C@]12C. The van der Waals surface area contributed by atoms with Gasteiger partial charge in [0, 0.05) is 44.4 Å². The van der Waals surface area contributed by atoms with E-state index in [0.29, 0.717) is 29.9 Å². The van der Waals surface area contributed by atoms with Crippen molar-refractivity contribution in [3.63, 3.8) is 0 Å². The van der Waals surface area contributed by atoms with Crippen molar-refractivity contribution in [2.45, 2.75) is 250 Å². The first-order valence-electron chi connectivity index (χ1n) is 41.2. The smallest absolute Gasteiger partial charge is 0.434 e. The normalized spacial score (nSPS) is 29.6. The molecule has 2 unspecified atom stereocenters. The lowest BCUT2D eigenvalue weighted by molar-refractivity contribution is -0.384. The third-order valence-corrected chi connectivity index (χ3v) is 27.5. The van der Waals surface area contributed by atoms with E-state index in [-0.39, 0.29) is 101 Å². The second-order valence-electron chi connectivity index (χ2n) is 33.3. The number of nitrogens with zero attached hydrogens (tertiary/aromatic N) is 13. The van der Waals surface area contributed by atoms with Crippen LogP contribution in [0.15, 0.2) is 73.9 Å². The number of nitro groups is 1. The van der Waals surface area contributed by atoms with Gasteiger partial charge in [-0.15, -0.1) is 0 Å². The molecular weight excluding hydrogens is 1560 g/mol. The van der Waals surface area contributed by atoms with Crippen LogP contribution >= 0.6 is 15.6 Å². The molecule has 117 heavy (non-hydrogen) atoms. The summed E-state index contributed by atoms with van der Waals surface area (Å²) in [5.74, 6) is 4.71. The molecule has 9 heterocycles. The number of phosphoric ester groups is 2. The van der Waals surface area contributed by atoms with Crippen LogP contribution in [0, 0.1) is 56.5 Å². The van der Waals surface area contributed by atoms with Crippen molar-refractivity contribution in [3.05, 3.63) is 89.6 Å². The van der Waals surface area contributed by atoms with Crippen LogP contribution in [0.3, 0.4) is 0 Å². The van der Waals surface area contributed by atoms with Crippen molar-refractivity contribution < 1.29 is 94.5 Å². The molecule has 0 radical (unpaired) electrons. The molecule has 6 aromatic heterocycles. The first kappa shape index (κ1) is 85.4. The van der Waals surface area contributed by atoms with Crippen LogP contribution in [0.2, 0.25) is 0 Å². The maximum absolute atomic E-state index is 14.6. The van der Waals surface area contributed by atoms with Crippen molar-refractivity contribution in [1.82, 2.24) is 58.6 Å². The van der Waals surface area contributed by atoms with Gasteiger partial charge in [0.2, 0.25) is 0 Å². The third-order valence-electron chi connectivity index (χ3n) is 25.5. The summed E-state index contributed by atoms with van der Waals surface area (Å²) >= 11 is 0. The number of fused-ring (bicyclic) bond motifs is 8. The fourth-order valence-corrected chi connectivity index (χ4v) is 21.4. The first-order valence-corrected chi connectivity index (χ1v) is 44.1. The highest BCUT2D eigenvalue weighted by Crippen LogP contribution is 2.68. The molecule has 7 aliphatic rings. The molecule has 39 heteroatoms. The highest BCUT2D eigenvalue weighted by atomic mass is 31.2. The van der Waals surface area contributed by atoms with Gasteiger partial charge in [-0.1, -0.05) is 123 Å². The molecule has 0 bridgehead atoms. The molecule has 0 spiro atoms. The van der Waals surface area contributed by atoms with Crippen molar-refractivity contribution in [1.29, 1.82) is 0 Å². The molecule has 4 aliphatic carbocycles. The van der Waals surface area contributed by atoms with Gasteiger partial charge in [0.1, 0.15) is 66.1 Å². The summed E-state index contributed by atoms with van der Waals surface area (Å²) in [5.41, 5.74) is 22.1. The maximum atomic E-state index is 14.6. The fraction of sp³-hybridized carbons (Fsp3) is 0.679. The van der Waals surface area contributed by atoms with Crippen LogP contribution in [0.1, 0.15) is 200 Å². The van der Waals surface area contributed by atoms with E-state index < -0.39 is 114 Å². The second-order valence-corrected chi connectivity index (χ2v) is 36.1. The lowest BCUT2D eigenvalue weighted by Crippen LogP contribution is -2.51. The summed E-state index contributed by atoms with van der Waals surface area (Å²) in [7, 11) is -10.3. The average molecular weight is 1670 g/mol. The first-order chi connectivity index (χ1) is 56.3. The number of imidazole rings is 3. The number of aromatic nitrogens is 12. The van der Waals surface area contributed by atoms with Gasteiger partial charge in [0.05, 0.1) is 69.1 Å². The van der Waals surface area contributed by atoms with E-state index in [1.807, 2.05) is 0 Å². The number of rotatable bonds is 38. The Bertz CT molecular complexity index is 4710. The van der Waals surface area contributed by atoms with Gasteiger partial charge in [0.25, 0.3) is 5.69 Å². The predicted octanol–water partition coefficient (Wildman–Crippen LogP) is 12.9. The molecule has 638 valence electrons. The average Bonchev–Trinajstić information content (AvgIpc) is 1.45. The minimum absolute atomic E-state index is 0.00279. The quantitative estimate of drug-likeness (QED) is 0.00523. The topological polar surface area (TPSA) is 492 Å². The summed E-state index contributed by atoms with van der Waals surface area (Å²) in [6, 6.07) is 5.75. The molecule has 37 nitrogen and oxygen atoms in total. The van der Waals surface area contributed by atoms with Gasteiger partial charge in [-0.2, -0.15) is 0 Å². The second kappa shape index (κ2) is 37.3. The van der Waals surface area contributed by atoms with E-state index in [4.69, 9.17) is 73.2 Å². The van der Waals surface area contributed by atoms with E-state index >= 15 is 0 Å². The Morgan fingerprint density at radius 1 is 0.624 bits per heavy atom. The van der Waals surface area contributed by atoms with E-state index in [9.17, 15) is 43.7 Å². The van der Waals surface area contributed by atoms with E-state index in [0.717, 1.165) is 107 Å². The van der Waals surface area contributed by atoms with Crippen molar-refractivity contribution in [2.24, 2.45) is 46.3 Å². The highest BCUT2D eigenvalue weighted by molar-refractivity contribution is 7.47. The number of nitrogen functional groups attached to an aromatic ring is 3. The number of ether oxygens (including phenoxy) is 8. The number of non-ortho nitro benzene ring substituents is 1. The lowest BCUT2D eigenvalue weighted by atomic mass is 9.47. The van der Waals surface area contributed by atoms with Crippen LogP contribution in [-0.4, -0.2) is 179 Å².